The molecule has 12 heavy (non-hydrogen) atoms. The highest BCUT2D eigenvalue weighted by Gasteiger charge is 2.33. The van der Waals surface area contributed by atoms with Gasteiger partial charge in [0, 0.05) is 19.0 Å². The van der Waals surface area contributed by atoms with Gasteiger partial charge in [-0.05, 0) is 12.8 Å². The Kier molecular flexibility index (Phi) is 3.09. The van der Waals surface area contributed by atoms with E-state index in [4.69, 9.17) is 0 Å². The number of rotatable bonds is 5. The lowest BCUT2D eigenvalue weighted by atomic mass is 9.98. The van der Waals surface area contributed by atoms with Crippen molar-refractivity contribution < 1.29 is 4.79 Å². The molecule has 1 rings (SSSR count). The monoisotopic (exact) mass is 165 g/mol. The van der Waals surface area contributed by atoms with Crippen LogP contribution in [0.15, 0.2) is 25.3 Å². The Morgan fingerprint density at radius 3 is 2.75 bits per heavy atom. The molecule has 0 radical (unpaired) electrons. The van der Waals surface area contributed by atoms with Gasteiger partial charge in [0.25, 0.3) is 0 Å². The maximum atomic E-state index is 11.1. The number of carbonyl (C=O) groups is 1. The van der Waals surface area contributed by atoms with Crippen LogP contribution in [0.5, 0.6) is 0 Å². The molecule has 2 heteroatoms. The van der Waals surface area contributed by atoms with Gasteiger partial charge in [-0.15, -0.1) is 13.2 Å². The van der Waals surface area contributed by atoms with E-state index < -0.39 is 0 Å². The van der Waals surface area contributed by atoms with E-state index in [1.54, 1.807) is 0 Å². The molecule has 0 aromatic carbocycles. The molecule has 0 N–H and O–H groups in total. The van der Waals surface area contributed by atoms with Gasteiger partial charge in [-0.1, -0.05) is 12.2 Å². The Hall–Kier alpha value is -1.05. The minimum Gasteiger partial charge on any atom is -0.339 e. The molecule has 0 aromatic rings. The number of β-lactam (4-membered cyclic amide) rings is 1. The molecule has 1 amide bonds. The van der Waals surface area contributed by atoms with Crippen molar-refractivity contribution in [1.29, 1.82) is 0 Å². The van der Waals surface area contributed by atoms with Crippen LogP contribution in [0, 0.1) is 0 Å². The van der Waals surface area contributed by atoms with Gasteiger partial charge in [-0.3, -0.25) is 4.79 Å². The van der Waals surface area contributed by atoms with Crippen LogP contribution in [0.25, 0.3) is 0 Å². The Balaban J connectivity index is 2.33. The normalized spacial score (nSPS) is 21.8. The van der Waals surface area contributed by atoms with Gasteiger partial charge in [0.1, 0.15) is 0 Å². The average Bonchev–Trinajstić information content (AvgIpc) is 2.05. The summed E-state index contributed by atoms with van der Waals surface area (Å²) in [5.74, 6) is 0.267. The molecule has 66 valence electrons. The predicted molar refractivity (Wildman–Crippen MR) is 49.7 cm³/mol. The fraction of sp³-hybridized carbons (Fsp3) is 0.500. The van der Waals surface area contributed by atoms with Gasteiger partial charge in [-0.2, -0.15) is 0 Å². The zero-order valence-electron chi connectivity index (χ0n) is 7.33. The third-order valence-electron chi connectivity index (χ3n) is 2.18. The molecule has 2 nitrogen and oxygen atoms in total. The van der Waals surface area contributed by atoms with Crippen LogP contribution in [0.4, 0.5) is 0 Å². The summed E-state index contributed by atoms with van der Waals surface area (Å²) in [5, 5.41) is 0. The quantitative estimate of drug-likeness (QED) is 0.449. The second-order valence-electron chi connectivity index (χ2n) is 3.05. The molecule has 0 aliphatic carbocycles. The van der Waals surface area contributed by atoms with Crippen LogP contribution in [0.2, 0.25) is 0 Å². The van der Waals surface area contributed by atoms with E-state index >= 15 is 0 Å². The van der Waals surface area contributed by atoms with E-state index in [-0.39, 0.29) is 5.91 Å². The molecular formula is C10H15NO. The van der Waals surface area contributed by atoms with E-state index in [0.29, 0.717) is 12.5 Å². The van der Waals surface area contributed by atoms with Crippen molar-refractivity contribution >= 4 is 5.91 Å². The summed E-state index contributed by atoms with van der Waals surface area (Å²) < 4.78 is 0. The summed E-state index contributed by atoms with van der Waals surface area (Å²) in [7, 11) is 0. The highest BCUT2D eigenvalue weighted by atomic mass is 16.2. The molecule has 0 bridgehead atoms. The van der Waals surface area contributed by atoms with Crippen LogP contribution in [-0.4, -0.2) is 23.4 Å². The first kappa shape index (κ1) is 9.04. The predicted octanol–water partition coefficient (Wildman–Crippen LogP) is 1.74. The van der Waals surface area contributed by atoms with E-state index in [0.717, 1.165) is 19.4 Å². The maximum absolute atomic E-state index is 11.1. The van der Waals surface area contributed by atoms with Crippen molar-refractivity contribution in [1.82, 2.24) is 4.90 Å². The van der Waals surface area contributed by atoms with E-state index in [1.165, 1.54) is 0 Å². The van der Waals surface area contributed by atoms with Gasteiger partial charge in [-0.25, -0.2) is 0 Å². The van der Waals surface area contributed by atoms with Crippen molar-refractivity contribution in [3.8, 4) is 0 Å². The van der Waals surface area contributed by atoms with E-state index in [1.807, 2.05) is 17.1 Å². The summed E-state index contributed by atoms with van der Waals surface area (Å²) in [5.41, 5.74) is 0. The minimum atomic E-state index is 0.267. The van der Waals surface area contributed by atoms with Gasteiger partial charge in [0.05, 0.1) is 0 Å². The number of carbonyl (C=O) groups excluding carboxylic acids is 1. The summed E-state index contributed by atoms with van der Waals surface area (Å²) in [6, 6.07) is 0.412. The fourth-order valence-corrected chi connectivity index (χ4v) is 1.46. The third-order valence-corrected chi connectivity index (χ3v) is 2.18. The molecule has 1 unspecified atom stereocenters. The lowest BCUT2D eigenvalue weighted by molar-refractivity contribution is -0.145. The van der Waals surface area contributed by atoms with Crippen LogP contribution >= 0.6 is 0 Å². The van der Waals surface area contributed by atoms with E-state index in [2.05, 4.69) is 13.2 Å². The molecule has 0 aromatic heterocycles. The molecule has 1 atom stereocenters. The van der Waals surface area contributed by atoms with Crippen LogP contribution in [-0.2, 0) is 4.79 Å². The van der Waals surface area contributed by atoms with Crippen molar-refractivity contribution in [3.63, 3.8) is 0 Å². The van der Waals surface area contributed by atoms with Crippen LogP contribution in [0.3, 0.4) is 0 Å². The zero-order valence-corrected chi connectivity index (χ0v) is 7.33. The standard InChI is InChI=1S/C10H15NO/c1-3-5-7-11-9(6-4-2)8-10(11)12/h3-4,9H,1-2,5-8H2. The van der Waals surface area contributed by atoms with Gasteiger partial charge < -0.3 is 4.90 Å². The number of likely N-dealkylation sites (tertiary alicyclic amines) is 1. The number of hydrogen-bond donors (Lipinski definition) is 0. The fourth-order valence-electron chi connectivity index (χ4n) is 1.46. The molecule has 1 heterocycles. The topological polar surface area (TPSA) is 20.3 Å². The first-order valence-electron chi connectivity index (χ1n) is 4.31. The van der Waals surface area contributed by atoms with Crippen molar-refractivity contribution in [2.75, 3.05) is 6.54 Å². The molecule has 0 saturated carbocycles. The number of amides is 1. The summed E-state index contributed by atoms with van der Waals surface area (Å²) in [6.45, 7) is 8.11. The first-order chi connectivity index (χ1) is 5.79. The van der Waals surface area contributed by atoms with Gasteiger partial charge in [0.2, 0.25) is 5.91 Å². The molecule has 1 saturated heterocycles. The number of nitrogens with zero attached hydrogens (tertiary/aromatic N) is 1. The Morgan fingerprint density at radius 1 is 1.50 bits per heavy atom. The van der Waals surface area contributed by atoms with Crippen LogP contribution < -0.4 is 0 Å². The smallest absolute Gasteiger partial charge is 0.224 e. The summed E-state index contributed by atoms with van der Waals surface area (Å²) >= 11 is 0. The molecule has 0 spiro atoms. The Morgan fingerprint density at radius 2 is 2.25 bits per heavy atom. The second kappa shape index (κ2) is 4.10. The third kappa shape index (κ3) is 1.76. The summed E-state index contributed by atoms with van der Waals surface area (Å²) in [4.78, 5) is 13.0. The van der Waals surface area contributed by atoms with Crippen molar-refractivity contribution in [2.24, 2.45) is 0 Å². The molecule has 1 fully saturated rings. The lowest BCUT2D eigenvalue weighted by Crippen LogP contribution is -2.52. The Bertz CT molecular complexity index is 196. The summed E-state index contributed by atoms with van der Waals surface area (Å²) in [6.07, 6.45) is 6.22. The average molecular weight is 165 g/mol. The van der Waals surface area contributed by atoms with Crippen molar-refractivity contribution in [2.45, 2.75) is 25.3 Å². The first-order valence-corrected chi connectivity index (χ1v) is 4.31. The Labute approximate surface area is 73.6 Å². The van der Waals surface area contributed by atoms with E-state index in [9.17, 15) is 4.79 Å². The zero-order chi connectivity index (χ0) is 8.97. The molecule has 1 aliphatic rings. The van der Waals surface area contributed by atoms with Gasteiger partial charge in [0.15, 0.2) is 0 Å². The highest BCUT2D eigenvalue weighted by Crippen LogP contribution is 2.22. The minimum absolute atomic E-state index is 0.267. The second-order valence-corrected chi connectivity index (χ2v) is 3.05. The maximum Gasteiger partial charge on any atom is 0.224 e. The largest absolute Gasteiger partial charge is 0.339 e. The van der Waals surface area contributed by atoms with Crippen LogP contribution in [0.1, 0.15) is 19.3 Å². The van der Waals surface area contributed by atoms with Gasteiger partial charge >= 0.3 is 0 Å². The number of hydrogen-bond acceptors (Lipinski definition) is 1. The lowest BCUT2D eigenvalue weighted by Gasteiger charge is -2.40. The highest BCUT2D eigenvalue weighted by molar-refractivity contribution is 5.83. The van der Waals surface area contributed by atoms with Crippen molar-refractivity contribution in [3.05, 3.63) is 25.3 Å². The SMILES string of the molecule is C=CCCN1C(=O)CC1CC=C. The molecule has 1 aliphatic heterocycles. The molecular weight excluding hydrogens is 150 g/mol.